The number of nitrogens with zero attached hydrogens (tertiary/aromatic N) is 1. The van der Waals surface area contributed by atoms with E-state index in [1.54, 1.807) is 31.4 Å². The van der Waals surface area contributed by atoms with E-state index in [0.717, 1.165) is 10.9 Å². The lowest BCUT2D eigenvalue weighted by molar-refractivity contribution is 0.0521. The van der Waals surface area contributed by atoms with Gasteiger partial charge in [0.25, 0.3) is 0 Å². The van der Waals surface area contributed by atoms with Crippen molar-refractivity contribution in [1.82, 2.24) is 9.88 Å². The van der Waals surface area contributed by atoms with Crippen LogP contribution < -0.4 is 5.32 Å². The number of carbonyl (C=O) groups is 2. The molecule has 25 heavy (non-hydrogen) atoms. The topological polar surface area (TPSA) is 80.6 Å². The number of ether oxygens (including phenoxy) is 1. The van der Waals surface area contributed by atoms with Crippen LogP contribution in [0.2, 0.25) is 5.02 Å². The molecular weight excluding hydrogens is 344 g/mol. The van der Waals surface area contributed by atoms with Crippen LogP contribution in [0.4, 0.5) is 4.79 Å². The predicted molar refractivity (Wildman–Crippen MR) is 97.6 cm³/mol. The number of alkyl carbamates (subject to hydrolysis) is 1. The Morgan fingerprint density at radius 1 is 1.36 bits per heavy atom. The Labute approximate surface area is 151 Å². The van der Waals surface area contributed by atoms with Crippen LogP contribution >= 0.6 is 11.6 Å². The number of fused-ring (bicyclic) bond motifs is 1. The summed E-state index contributed by atoms with van der Waals surface area (Å²) in [5.74, 6) is -1.05. The zero-order valence-corrected chi connectivity index (χ0v) is 15.8. The summed E-state index contributed by atoms with van der Waals surface area (Å²) in [7, 11) is 0. The van der Waals surface area contributed by atoms with Crippen LogP contribution in [0.5, 0.6) is 0 Å². The average Bonchev–Trinajstić information content (AvgIpc) is 2.87. The highest BCUT2D eigenvalue weighted by molar-refractivity contribution is 6.36. The molecule has 2 aromatic rings. The second-order valence-corrected chi connectivity index (χ2v) is 7.45. The number of aromatic carboxylic acids is 1. The van der Waals surface area contributed by atoms with Gasteiger partial charge in [0.1, 0.15) is 11.3 Å². The first-order chi connectivity index (χ1) is 11.5. The fraction of sp³-hybridized carbons (Fsp3) is 0.444. The van der Waals surface area contributed by atoms with Crippen LogP contribution in [0, 0.1) is 6.92 Å². The van der Waals surface area contributed by atoms with E-state index in [1.165, 1.54) is 0 Å². The summed E-state index contributed by atoms with van der Waals surface area (Å²) in [5.41, 5.74) is 1.04. The SMILES string of the molecule is Cc1ccc2cc(C(=O)O)n([C@H](C)CNC(=O)OC(C)(C)C)c2c1Cl. The monoisotopic (exact) mass is 366 g/mol. The fourth-order valence-corrected chi connectivity index (χ4v) is 2.90. The Balaban J connectivity index is 2.35. The number of nitrogens with one attached hydrogen (secondary N) is 1. The Bertz CT molecular complexity index is 821. The molecule has 0 unspecified atom stereocenters. The highest BCUT2D eigenvalue weighted by Gasteiger charge is 2.22. The van der Waals surface area contributed by atoms with Gasteiger partial charge < -0.3 is 19.7 Å². The van der Waals surface area contributed by atoms with E-state index in [9.17, 15) is 14.7 Å². The third-order valence-corrected chi connectivity index (χ3v) is 4.21. The van der Waals surface area contributed by atoms with Crippen molar-refractivity contribution < 1.29 is 19.4 Å². The smallest absolute Gasteiger partial charge is 0.407 e. The molecule has 0 aliphatic carbocycles. The number of rotatable bonds is 4. The molecule has 0 spiro atoms. The third kappa shape index (κ3) is 4.25. The van der Waals surface area contributed by atoms with Gasteiger partial charge in [-0.1, -0.05) is 23.7 Å². The molecule has 1 heterocycles. The summed E-state index contributed by atoms with van der Waals surface area (Å²) in [5, 5.41) is 13.5. The maximum atomic E-state index is 11.9. The normalized spacial score (nSPS) is 12.9. The summed E-state index contributed by atoms with van der Waals surface area (Å²) in [6.45, 7) is 9.23. The Hall–Kier alpha value is -2.21. The molecule has 2 rings (SSSR count). The van der Waals surface area contributed by atoms with Crippen molar-refractivity contribution in [3.63, 3.8) is 0 Å². The van der Waals surface area contributed by atoms with Crippen molar-refractivity contribution in [2.75, 3.05) is 6.54 Å². The van der Waals surface area contributed by atoms with Gasteiger partial charge in [-0.05, 0) is 46.2 Å². The molecule has 0 bridgehead atoms. The molecular formula is C18H23ClN2O4. The lowest BCUT2D eigenvalue weighted by Gasteiger charge is -2.22. The molecule has 0 radical (unpaired) electrons. The lowest BCUT2D eigenvalue weighted by atomic mass is 10.2. The van der Waals surface area contributed by atoms with Crippen LogP contribution in [0.3, 0.4) is 0 Å². The van der Waals surface area contributed by atoms with E-state index in [4.69, 9.17) is 16.3 Å². The van der Waals surface area contributed by atoms with Crippen molar-refractivity contribution in [3.05, 3.63) is 34.5 Å². The number of carboxylic acids is 1. The zero-order chi connectivity index (χ0) is 18.9. The van der Waals surface area contributed by atoms with E-state index in [1.807, 2.05) is 26.0 Å². The molecule has 6 nitrogen and oxygen atoms in total. The van der Waals surface area contributed by atoms with E-state index in [-0.39, 0.29) is 18.3 Å². The number of hydrogen-bond donors (Lipinski definition) is 2. The second kappa shape index (κ2) is 6.96. The number of carbonyl (C=O) groups excluding carboxylic acids is 1. The Morgan fingerprint density at radius 2 is 2.00 bits per heavy atom. The number of benzene rings is 1. The van der Waals surface area contributed by atoms with Crippen LogP contribution in [0.15, 0.2) is 18.2 Å². The Kier molecular flexibility index (Phi) is 5.32. The van der Waals surface area contributed by atoms with Gasteiger partial charge in [0.15, 0.2) is 0 Å². The lowest BCUT2D eigenvalue weighted by Crippen LogP contribution is -2.35. The van der Waals surface area contributed by atoms with Crippen molar-refractivity contribution in [3.8, 4) is 0 Å². The minimum absolute atomic E-state index is 0.126. The number of hydrogen-bond acceptors (Lipinski definition) is 3. The number of carboxylic acid groups (broad SMARTS) is 1. The molecule has 7 heteroatoms. The van der Waals surface area contributed by atoms with E-state index in [0.29, 0.717) is 10.5 Å². The first kappa shape index (κ1) is 19.1. The molecule has 1 amide bonds. The van der Waals surface area contributed by atoms with Crippen LogP contribution in [-0.2, 0) is 4.74 Å². The molecule has 0 aliphatic heterocycles. The van der Waals surface area contributed by atoms with Gasteiger partial charge in [-0.25, -0.2) is 9.59 Å². The number of halogens is 1. The minimum Gasteiger partial charge on any atom is -0.477 e. The van der Waals surface area contributed by atoms with Crippen molar-refractivity contribution in [2.24, 2.45) is 0 Å². The summed E-state index contributed by atoms with van der Waals surface area (Å²) in [6.07, 6.45) is -0.546. The van der Waals surface area contributed by atoms with Gasteiger partial charge in [-0.2, -0.15) is 0 Å². The second-order valence-electron chi connectivity index (χ2n) is 7.07. The van der Waals surface area contributed by atoms with Crippen LogP contribution in [-0.4, -0.2) is 33.9 Å². The number of aromatic nitrogens is 1. The molecule has 0 aliphatic rings. The van der Waals surface area contributed by atoms with Gasteiger partial charge in [-0.3, -0.25) is 0 Å². The average molecular weight is 367 g/mol. The first-order valence-electron chi connectivity index (χ1n) is 8.01. The fourth-order valence-electron chi connectivity index (χ4n) is 2.64. The Morgan fingerprint density at radius 3 is 2.56 bits per heavy atom. The van der Waals surface area contributed by atoms with Gasteiger partial charge in [-0.15, -0.1) is 0 Å². The largest absolute Gasteiger partial charge is 0.477 e. The zero-order valence-electron chi connectivity index (χ0n) is 15.0. The van der Waals surface area contributed by atoms with Gasteiger partial charge in [0, 0.05) is 18.0 Å². The number of amides is 1. The van der Waals surface area contributed by atoms with Gasteiger partial charge in [0.05, 0.1) is 10.5 Å². The summed E-state index contributed by atoms with van der Waals surface area (Å²) in [6, 6.07) is 4.96. The van der Waals surface area contributed by atoms with Crippen LogP contribution in [0.1, 0.15) is 49.8 Å². The standard InChI is InChI=1S/C18H23ClN2O4/c1-10-6-7-12-8-13(16(22)23)21(15(12)14(10)19)11(2)9-20-17(24)25-18(3,4)5/h6-8,11H,9H2,1-5H3,(H,20,24)(H,22,23)/t11-/m1/s1. The van der Waals surface area contributed by atoms with Crippen molar-refractivity contribution in [2.45, 2.75) is 46.3 Å². The summed E-state index contributed by atoms with van der Waals surface area (Å²) < 4.78 is 6.86. The quantitative estimate of drug-likeness (QED) is 0.841. The molecule has 0 fully saturated rings. The molecule has 136 valence electrons. The van der Waals surface area contributed by atoms with E-state index < -0.39 is 17.7 Å². The predicted octanol–water partition coefficient (Wildman–Crippen LogP) is 4.39. The summed E-state index contributed by atoms with van der Waals surface area (Å²) >= 11 is 6.42. The molecule has 1 atom stereocenters. The highest BCUT2D eigenvalue weighted by atomic mass is 35.5. The maximum absolute atomic E-state index is 11.9. The third-order valence-electron chi connectivity index (χ3n) is 3.73. The van der Waals surface area contributed by atoms with Crippen molar-refractivity contribution >= 4 is 34.6 Å². The minimum atomic E-state index is -1.05. The molecule has 0 saturated heterocycles. The van der Waals surface area contributed by atoms with Crippen LogP contribution in [0.25, 0.3) is 10.9 Å². The number of aryl methyl sites for hydroxylation is 1. The van der Waals surface area contributed by atoms with Gasteiger partial charge in [0.2, 0.25) is 0 Å². The molecule has 2 N–H and O–H groups in total. The molecule has 0 saturated carbocycles. The first-order valence-corrected chi connectivity index (χ1v) is 8.39. The van der Waals surface area contributed by atoms with E-state index in [2.05, 4.69) is 5.32 Å². The van der Waals surface area contributed by atoms with E-state index >= 15 is 0 Å². The van der Waals surface area contributed by atoms with Crippen molar-refractivity contribution in [1.29, 1.82) is 0 Å². The van der Waals surface area contributed by atoms with Gasteiger partial charge >= 0.3 is 12.1 Å². The molecule has 1 aromatic heterocycles. The molecule has 1 aromatic carbocycles. The highest BCUT2D eigenvalue weighted by Crippen LogP contribution is 2.32. The maximum Gasteiger partial charge on any atom is 0.407 e. The summed E-state index contributed by atoms with van der Waals surface area (Å²) in [4.78, 5) is 23.5.